The summed E-state index contributed by atoms with van der Waals surface area (Å²) in [5.41, 5.74) is 2.39. The van der Waals surface area contributed by atoms with E-state index in [4.69, 9.17) is 0 Å². The number of benzene rings is 2. The molecule has 0 bridgehead atoms. The second-order valence-corrected chi connectivity index (χ2v) is 6.78. The lowest BCUT2D eigenvalue weighted by atomic mass is 10.1. The molecule has 4 heteroatoms. The maximum Gasteiger partial charge on any atom is 0.124 e. The fourth-order valence-electron chi connectivity index (χ4n) is 2.10. The van der Waals surface area contributed by atoms with Crippen LogP contribution in [0.4, 0.5) is 4.39 Å². The Morgan fingerprint density at radius 3 is 2.76 bits per heavy atom. The van der Waals surface area contributed by atoms with Gasteiger partial charge in [-0.15, -0.1) is 11.8 Å². The van der Waals surface area contributed by atoms with Crippen molar-refractivity contribution >= 4 is 27.7 Å². The molecule has 0 saturated heterocycles. The van der Waals surface area contributed by atoms with Crippen LogP contribution in [0, 0.1) is 5.82 Å². The van der Waals surface area contributed by atoms with E-state index in [0.717, 1.165) is 22.3 Å². The maximum absolute atomic E-state index is 13.1. The lowest BCUT2D eigenvalue weighted by Crippen LogP contribution is -2.17. The third-order valence-electron chi connectivity index (χ3n) is 3.28. The van der Waals surface area contributed by atoms with Crippen LogP contribution in [0.25, 0.3) is 0 Å². The summed E-state index contributed by atoms with van der Waals surface area (Å²) in [5.74, 6) is 0.608. The number of nitrogens with one attached hydrogen (secondary N) is 1. The molecule has 0 amide bonds. The van der Waals surface area contributed by atoms with E-state index in [1.165, 1.54) is 22.6 Å². The SMILES string of the molecule is CCNC(C)c1cccc(SCc2ccc(F)cc2Br)c1. The first kappa shape index (κ1) is 16.5. The first-order valence-electron chi connectivity index (χ1n) is 7.00. The monoisotopic (exact) mass is 367 g/mol. The fourth-order valence-corrected chi connectivity index (χ4v) is 3.74. The number of hydrogen-bond acceptors (Lipinski definition) is 2. The summed E-state index contributed by atoms with van der Waals surface area (Å²) in [6.07, 6.45) is 0. The number of hydrogen-bond donors (Lipinski definition) is 1. The number of halogens is 2. The fraction of sp³-hybridized carbons (Fsp3) is 0.294. The molecule has 21 heavy (non-hydrogen) atoms. The van der Waals surface area contributed by atoms with Crippen LogP contribution in [-0.2, 0) is 5.75 Å². The largest absolute Gasteiger partial charge is 0.310 e. The molecule has 1 N–H and O–H groups in total. The summed E-state index contributed by atoms with van der Waals surface area (Å²) in [6, 6.07) is 13.8. The van der Waals surface area contributed by atoms with Gasteiger partial charge in [0.25, 0.3) is 0 Å². The van der Waals surface area contributed by atoms with Crippen LogP contribution < -0.4 is 5.32 Å². The minimum Gasteiger partial charge on any atom is -0.310 e. The predicted molar refractivity (Wildman–Crippen MR) is 92.2 cm³/mol. The Balaban J connectivity index is 2.04. The zero-order valence-corrected chi connectivity index (χ0v) is 14.6. The van der Waals surface area contributed by atoms with Crippen molar-refractivity contribution < 1.29 is 4.39 Å². The van der Waals surface area contributed by atoms with Crippen molar-refractivity contribution in [3.63, 3.8) is 0 Å². The van der Waals surface area contributed by atoms with Crippen molar-refractivity contribution in [2.75, 3.05) is 6.54 Å². The summed E-state index contributed by atoms with van der Waals surface area (Å²) in [5, 5.41) is 3.42. The van der Waals surface area contributed by atoms with Gasteiger partial charge >= 0.3 is 0 Å². The molecule has 1 atom stereocenters. The van der Waals surface area contributed by atoms with E-state index in [-0.39, 0.29) is 5.82 Å². The van der Waals surface area contributed by atoms with Crippen LogP contribution in [0.2, 0.25) is 0 Å². The van der Waals surface area contributed by atoms with Gasteiger partial charge in [-0.2, -0.15) is 0 Å². The van der Waals surface area contributed by atoms with Crippen molar-refractivity contribution in [2.45, 2.75) is 30.5 Å². The van der Waals surface area contributed by atoms with Crippen molar-refractivity contribution in [2.24, 2.45) is 0 Å². The van der Waals surface area contributed by atoms with E-state index < -0.39 is 0 Å². The molecule has 2 rings (SSSR count). The minimum absolute atomic E-state index is 0.211. The Morgan fingerprint density at radius 1 is 1.24 bits per heavy atom. The Kier molecular flexibility index (Phi) is 6.27. The highest BCUT2D eigenvalue weighted by molar-refractivity contribution is 9.10. The van der Waals surface area contributed by atoms with Crippen molar-refractivity contribution in [3.8, 4) is 0 Å². The Bertz CT molecular complexity index is 603. The van der Waals surface area contributed by atoms with Gasteiger partial charge in [0.1, 0.15) is 5.82 Å². The molecule has 2 aromatic rings. The highest BCUT2D eigenvalue weighted by Gasteiger charge is 2.06. The smallest absolute Gasteiger partial charge is 0.124 e. The van der Waals surface area contributed by atoms with Gasteiger partial charge < -0.3 is 5.32 Å². The van der Waals surface area contributed by atoms with Gasteiger partial charge in [-0.05, 0) is 48.9 Å². The van der Waals surface area contributed by atoms with Crippen LogP contribution >= 0.6 is 27.7 Å². The molecule has 0 aliphatic heterocycles. The van der Waals surface area contributed by atoms with Crippen LogP contribution in [0.3, 0.4) is 0 Å². The Morgan fingerprint density at radius 2 is 2.05 bits per heavy atom. The highest BCUT2D eigenvalue weighted by atomic mass is 79.9. The second kappa shape index (κ2) is 7.97. The van der Waals surface area contributed by atoms with Crippen molar-refractivity contribution in [1.29, 1.82) is 0 Å². The average molecular weight is 368 g/mol. The van der Waals surface area contributed by atoms with Gasteiger partial charge in [0, 0.05) is 21.2 Å². The van der Waals surface area contributed by atoms with Gasteiger partial charge in [-0.3, -0.25) is 0 Å². The zero-order chi connectivity index (χ0) is 15.2. The van der Waals surface area contributed by atoms with Gasteiger partial charge in [0.15, 0.2) is 0 Å². The molecule has 0 spiro atoms. The molecule has 0 radical (unpaired) electrons. The lowest BCUT2D eigenvalue weighted by molar-refractivity contribution is 0.597. The Labute approximate surface area is 138 Å². The van der Waals surface area contributed by atoms with E-state index in [0.29, 0.717) is 6.04 Å². The lowest BCUT2D eigenvalue weighted by Gasteiger charge is -2.14. The van der Waals surface area contributed by atoms with Gasteiger partial charge in [0.2, 0.25) is 0 Å². The average Bonchev–Trinajstić information content (AvgIpc) is 2.47. The number of thioether (sulfide) groups is 1. The summed E-state index contributed by atoms with van der Waals surface area (Å²) in [7, 11) is 0. The normalized spacial score (nSPS) is 12.4. The van der Waals surface area contributed by atoms with Crippen molar-refractivity contribution in [3.05, 3.63) is 63.9 Å². The third-order valence-corrected chi connectivity index (χ3v) is 5.06. The van der Waals surface area contributed by atoms with Crippen molar-refractivity contribution in [1.82, 2.24) is 5.32 Å². The molecule has 1 unspecified atom stereocenters. The predicted octanol–water partition coefficient (Wildman–Crippen LogP) is 5.55. The first-order chi connectivity index (χ1) is 10.1. The summed E-state index contributed by atoms with van der Waals surface area (Å²) < 4.78 is 13.9. The van der Waals surface area contributed by atoms with E-state index in [1.807, 2.05) is 6.07 Å². The molecule has 0 aromatic heterocycles. The van der Waals surface area contributed by atoms with E-state index in [9.17, 15) is 4.39 Å². The standard InChI is InChI=1S/C17H19BrFNS/c1-3-20-12(2)13-5-4-6-16(9-13)21-11-14-7-8-15(19)10-17(14)18/h4-10,12,20H,3,11H2,1-2H3. The third kappa shape index (κ3) is 4.83. The molecule has 0 heterocycles. The maximum atomic E-state index is 13.1. The summed E-state index contributed by atoms with van der Waals surface area (Å²) in [6.45, 7) is 5.24. The van der Waals surface area contributed by atoms with Gasteiger partial charge in [0.05, 0.1) is 0 Å². The van der Waals surface area contributed by atoms with Crippen LogP contribution in [0.15, 0.2) is 51.8 Å². The van der Waals surface area contributed by atoms with E-state index in [2.05, 4.69) is 59.4 Å². The first-order valence-corrected chi connectivity index (χ1v) is 8.78. The molecule has 0 aliphatic carbocycles. The number of rotatable bonds is 6. The molecule has 0 aliphatic rings. The highest BCUT2D eigenvalue weighted by Crippen LogP contribution is 2.29. The van der Waals surface area contributed by atoms with Crippen LogP contribution in [0.1, 0.15) is 31.0 Å². The van der Waals surface area contributed by atoms with Gasteiger partial charge in [-0.1, -0.05) is 41.1 Å². The molecule has 0 saturated carbocycles. The molecule has 112 valence electrons. The zero-order valence-electron chi connectivity index (χ0n) is 12.2. The molecular weight excluding hydrogens is 349 g/mol. The summed E-state index contributed by atoms with van der Waals surface area (Å²) >= 11 is 5.18. The van der Waals surface area contributed by atoms with E-state index >= 15 is 0 Å². The van der Waals surface area contributed by atoms with Gasteiger partial charge in [-0.25, -0.2) is 4.39 Å². The summed E-state index contributed by atoms with van der Waals surface area (Å²) in [4.78, 5) is 1.23. The topological polar surface area (TPSA) is 12.0 Å². The molecule has 2 aromatic carbocycles. The van der Waals surface area contributed by atoms with Crippen LogP contribution in [-0.4, -0.2) is 6.54 Å². The quantitative estimate of drug-likeness (QED) is 0.671. The second-order valence-electron chi connectivity index (χ2n) is 4.88. The Hall–Kier alpha value is -0.840. The van der Waals surface area contributed by atoms with E-state index in [1.54, 1.807) is 11.8 Å². The minimum atomic E-state index is -0.211. The molecular formula is C17H19BrFNS. The van der Waals surface area contributed by atoms with Crippen LogP contribution in [0.5, 0.6) is 0 Å². The molecule has 1 nitrogen and oxygen atoms in total. The molecule has 0 fully saturated rings.